The van der Waals surface area contributed by atoms with E-state index < -0.39 is 0 Å². The molecule has 1 aliphatic heterocycles. The number of hydrogen-bond donors (Lipinski definition) is 2. The quantitative estimate of drug-likeness (QED) is 0.782. The molecular weight excluding hydrogens is 286 g/mol. The zero-order valence-corrected chi connectivity index (χ0v) is 13.3. The molecule has 0 spiro atoms. The van der Waals surface area contributed by atoms with E-state index in [9.17, 15) is 0 Å². The van der Waals surface area contributed by atoms with Crippen molar-refractivity contribution in [3.05, 3.63) is 47.4 Å². The molecule has 0 unspecified atom stereocenters. The summed E-state index contributed by atoms with van der Waals surface area (Å²) in [6.45, 7) is 6.00. The average molecular weight is 305 g/mol. The second-order valence-corrected chi connectivity index (χ2v) is 5.78. The van der Waals surface area contributed by atoms with Gasteiger partial charge in [-0.3, -0.25) is 15.1 Å². The summed E-state index contributed by atoms with van der Waals surface area (Å²) in [6, 6.07) is 6.25. The van der Waals surface area contributed by atoms with Crippen LogP contribution in [0.5, 0.6) is 0 Å². The van der Waals surface area contributed by atoms with Gasteiger partial charge >= 0.3 is 0 Å². The number of aromatic nitrogens is 3. The number of aliphatic imine (C=N–C) groups is 1. The topological polar surface area (TPSA) is 66.0 Å². The van der Waals surface area contributed by atoms with E-state index >= 15 is 0 Å². The molecule has 1 aliphatic rings. The predicted molar refractivity (Wildman–Crippen MR) is 92.8 cm³/mol. The van der Waals surface area contributed by atoms with Crippen molar-refractivity contribution >= 4 is 16.7 Å². The van der Waals surface area contributed by atoms with Gasteiger partial charge in [-0.1, -0.05) is 19.1 Å². The number of aromatic amines is 1. The number of H-pyrrole nitrogens is 1. The van der Waals surface area contributed by atoms with Crippen molar-refractivity contribution in [3.63, 3.8) is 0 Å². The number of fused-ring (bicyclic) bond motifs is 1. The van der Waals surface area contributed by atoms with Crippen LogP contribution in [0.4, 0.5) is 0 Å². The Morgan fingerprint density at radius 3 is 2.87 bits per heavy atom. The highest BCUT2D eigenvalue weighted by Crippen LogP contribution is 2.33. The van der Waals surface area contributed by atoms with Crippen LogP contribution in [0.3, 0.4) is 0 Å². The lowest BCUT2D eigenvalue weighted by Gasteiger charge is -2.11. The summed E-state index contributed by atoms with van der Waals surface area (Å²) < 4.78 is 0. The first-order chi connectivity index (χ1) is 11.3. The molecule has 0 atom stereocenters. The van der Waals surface area contributed by atoms with Crippen LogP contribution in [0.1, 0.15) is 23.7 Å². The van der Waals surface area contributed by atoms with Crippen molar-refractivity contribution in [1.82, 2.24) is 20.5 Å². The Morgan fingerprint density at radius 1 is 1.17 bits per heavy atom. The predicted octanol–water partition coefficient (Wildman–Crippen LogP) is 2.85. The van der Waals surface area contributed by atoms with Gasteiger partial charge in [-0.15, -0.1) is 0 Å². The van der Waals surface area contributed by atoms with Gasteiger partial charge in [0.2, 0.25) is 0 Å². The zero-order valence-electron chi connectivity index (χ0n) is 13.3. The fraction of sp³-hybridized carbons (Fsp3) is 0.278. The molecule has 4 rings (SSSR count). The Balaban J connectivity index is 1.99. The van der Waals surface area contributed by atoms with Gasteiger partial charge in [-0.2, -0.15) is 5.10 Å². The number of hydrogen-bond acceptors (Lipinski definition) is 4. The minimum Gasteiger partial charge on any atom is -0.367 e. The van der Waals surface area contributed by atoms with E-state index in [-0.39, 0.29) is 0 Å². The lowest BCUT2D eigenvalue weighted by atomic mass is 9.95. The Morgan fingerprint density at radius 2 is 2.09 bits per heavy atom. The van der Waals surface area contributed by atoms with E-state index in [1.807, 2.05) is 12.4 Å². The Hall–Kier alpha value is -2.69. The van der Waals surface area contributed by atoms with Crippen molar-refractivity contribution < 1.29 is 0 Å². The largest absolute Gasteiger partial charge is 0.367 e. The number of nitrogens with zero attached hydrogens (tertiary/aromatic N) is 3. The molecule has 0 bridgehead atoms. The van der Waals surface area contributed by atoms with Gasteiger partial charge in [0.15, 0.2) is 0 Å². The highest BCUT2D eigenvalue weighted by atomic mass is 15.2. The maximum atomic E-state index is 4.53. The van der Waals surface area contributed by atoms with Crippen LogP contribution in [0.2, 0.25) is 0 Å². The number of nitrogens with one attached hydrogen (secondary N) is 2. The van der Waals surface area contributed by atoms with Gasteiger partial charge in [0.25, 0.3) is 0 Å². The van der Waals surface area contributed by atoms with Crippen LogP contribution in [0, 0.1) is 6.92 Å². The zero-order chi connectivity index (χ0) is 15.8. The Bertz CT molecular complexity index is 907. The molecule has 5 nitrogen and oxygen atoms in total. The van der Waals surface area contributed by atoms with Crippen LogP contribution in [0.15, 0.2) is 35.6 Å². The summed E-state index contributed by atoms with van der Waals surface area (Å²) in [4.78, 5) is 8.96. The Kier molecular flexibility index (Phi) is 3.33. The van der Waals surface area contributed by atoms with Crippen molar-refractivity contribution in [3.8, 4) is 11.1 Å². The van der Waals surface area contributed by atoms with E-state index in [1.54, 1.807) is 0 Å². The molecule has 2 aromatic heterocycles. The van der Waals surface area contributed by atoms with Crippen LogP contribution < -0.4 is 5.32 Å². The number of amidine groups is 1. The highest BCUT2D eigenvalue weighted by Gasteiger charge is 2.19. The van der Waals surface area contributed by atoms with Crippen LogP contribution >= 0.6 is 0 Å². The van der Waals surface area contributed by atoms with E-state index in [2.05, 4.69) is 57.5 Å². The maximum absolute atomic E-state index is 4.53. The lowest BCUT2D eigenvalue weighted by Crippen LogP contribution is -2.20. The number of pyridine rings is 1. The molecule has 0 fully saturated rings. The third-order valence-electron chi connectivity index (χ3n) is 4.48. The minimum atomic E-state index is 0.803. The lowest BCUT2D eigenvalue weighted by molar-refractivity contribution is 0.957. The molecule has 1 aromatic carbocycles. The molecular formula is C18H19N5. The molecule has 0 aliphatic carbocycles. The molecule has 3 heterocycles. The minimum absolute atomic E-state index is 0.803. The molecule has 0 saturated heterocycles. The SMILES string of the molecule is CCc1cncc(-c2cccc3[nH]nc(C4=NCCN4)c23)c1C. The van der Waals surface area contributed by atoms with Crippen molar-refractivity contribution in [2.45, 2.75) is 20.3 Å². The summed E-state index contributed by atoms with van der Waals surface area (Å²) >= 11 is 0. The summed E-state index contributed by atoms with van der Waals surface area (Å²) in [5, 5.41) is 12.1. The van der Waals surface area contributed by atoms with Crippen LogP contribution in [-0.4, -0.2) is 34.1 Å². The fourth-order valence-electron chi connectivity index (χ4n) is 3.22. The Labute approximate surface area is 134 Å². The average Bonchev–Trinajstić information content (AvgIpc) is 3.24. The third kappa shape index (κ3) is 2.20. The first-order valence-electron chi connectivity index (χ1n) is 7.99. The van der Waals surface area contributed by atoms with Gasteiger partial charge < -0.3 is 5.32 Å². The molecule has 0 radical (unpaired) electrons. The molecule has 23 heavy (non-hydrogen) atoms. The van der Waals surface area contributed by atoms with E-state index in [1.165, 1.54) is 11.1 Å². The number of rotatable bonds is 3. The second kappa shape index (κ2) is 5.50. The van der Waals surface area contributed by atoms with Gasteiger partial charge in [0.05, 0.1) is 12.1 Å². The molecule has 0 saturated carbocycles. The van der Waals surface area contributed by atoms with Crippen molar-refractivity contribution in [2.75, 3.05) is 13.1 Å². The molecule has 0 amide bonds. The molecule has 5 heteroatoms. The first-order valence-corrected chi connectivity index (χ1v) is 7.99. The van der Waals surface area contributed by atoms with Crippen LogP contribution in [-0.2, 0) is 6.42 Å². The highest BCUT2D eigenvalue weighted by molar-refractivity contribution is 6.12. The number of benzene rings is 1. The van der Waals surface area contributed by atoms with Gasteiger partial charge in [0, 0.05) is 29.9 Å². The molecule has 2 N–H and O–H groups in total. The normalized spacial score (nSPS) is 14.1. The van der Waals surface area contributed by atoms with E-state index in [0.717, 1.165) is 53.1 Å². The molecule has 116 valence electrons. The molecule has 3 aromatic rings. The van der Waals surface area contributed by atoms with Gasteiger partial charge in [0.1, 0.15) is 11.5 Å². The number of aryl methyl sites for hydroxylation is 1. The monoisotopic (exact) mass is 305 g/mol. The second-order valence-electron chi connectivity index (χ2n) is 5.78. The standard InChI is InChI=1S/C18H19N5/c1-3-12-9-19-10-14(11(12)2)13-5-4-6-15-16(13)17(23-22-15)18-20-7-8-21-18/h4-6,9-10H,3,7-8H2,1-2H3,(H,20,21)(H,22,23). The summed E-state index contributed by atoms with van der Waals surface area (Å²) in [5.74, 6) is 0.876. The summed E-state index contributed by atoms with van der Waals surface area (Å²) in [7, 11) is 0. The van der Waals surface area contributed by atoms with Crippen molar-refractivity contribution in [2.24, 2.45) is 4.99 Å². The van der Waals surface area contributed by atoms with Crippen molar-refractivity contribution in [1.29, 1.82) is 0 Å². The fourth-order valence-corrected chi connectivity index (χ4v) is 3.22. The first kappa shape index (κ1) is 13.9. The van der Waals surface area contributed by atoms with E-state index in [0.29, 0.717) is 0 Å². The smallest absolute Gasteiger partial charge is 0.149 e. The maximum Gasteiger partial charge on any atom is 0.149 e. The van der Waals surface area contributed by atoms with Crippen LogP contribution in [0.25, 0.3) is 22.0 Å². The summed E-state index contributed by atoms with van der Waals surface area (Å²) in [5.41, 5.74) is 6.80. The summed E-state index contributed by atoms with van der Waals surface area (Å²) in [6.07, 6.45) is 4.89. The van der Waals surface area contributed by atoms with Gasteiger partial charge in [-0.25, -0.2) is 0 Å². The third-order valence-corrected chi connectivity index (χ3v) is 4.48. The van der Waals surface area contributed by atoms with E-state index in [4.69, 9.17) is 0 Å². The van der Waals surface area contributed by atoms with Gasteiger partial charge in [-0.05, 0) is 36.1 Å².